The monoisotopic (exact) mass is 293 g/mol. The van der Waals surface area contributed by atoms with Gasteiger partial charge in [-0.05, 0) is 38.5 Å². The van der Waals surface area contributed by atoms with Crippen LogP contribution in [0.4, 0.5) is 0 Å². The summed E-state index contributed by atoms with van der Waals surface area (Å²) in [4.78, 5) is 8.94. The fourth-order valence-corrected chi connectivity index (χ4v) is 2.62. The molecule has 1 aliphatic rings. The van der Waals surface area contributed by atoms with Gasteiger partial charge in [0.1, 0.15) is 0 Å². The zero-order valence-electron chi connectivity index (χ0n) is 13.4. The molecule has 1 fully saturated rings. The second-order valence-corrected chi connectivity index (χ2v) is 5.81. The van der Waals surface area contributed by atoms with Gasteiger partial charge in [0.15, 0.2) is 11.8 Å². The fourth-order valence-electron chi connectivity index (χ4n) is 2.62. The van der Waals surface area contributed by atoms with E-state index in [-0.39, 0.29) is 0 Å². The van der Waals surface area contributed by atoms with Crippen molar-refractivity contribution in [1.29, 1.82) is 0 Å². The van der Waals surface area contributed by atoms with Gasteiger partial charge in [-0.15, -0.1) is 0 Å². The lowest BCUT2D eigenvalue weighted by Crippen LogP contribution is -2.40. The van der Waals surface area contributed by atoms with Crippen LogP contribution >= 0.6 is 0 Å². The van der Waals surface area contributed by atoms with Crippen molar-refractivity contribution in [2.75, 3.05) is 19.6 Å². The largest absolute Gasteiger partial charge is 0.357 e. The van der Waals surface area contributed by atoms with Gasteiger partial charge in [0, 0.05) is 26.1 Å². The molecule has 0 aliphatic heterocycles. The maximum absolute atomic E-state index is 5.10. The van der Waals surface area contributed by atoms with Crippen LogP contribution in [0.2, 0.25) is 0 Å². The predicted octanol–water partition coefficient (Wildman–Crippen LogP) is 2.06. The molecule has 2 N–H and O–H groups in total. The molecule has 0 unspecified atom stereocenters. The number of nitrogens with one attached hydrogen (secondary N) is 2. The number of aryl methyl sites for hydroxylation is 1. The molecule has 6 heteroatoms. The molecular formula is C15H27N5O. The molecule has 1 heterocycles. The quantitative estimate of drug-likeness (QED) is 0.594. The Balaban J connectivity index is 1.80. The highest BCUT2D eigenvalue weighted by Crippen LogP contribution is 2.43. The Morgan fingerprint density at radius 2 is 2.14 bits per heavy atom. The second-order valence-electron chi connectivity index (χ2n) is 5.81. The summed E-state index contributed by atoms with van der Waals surface area (Å²) in [5, 5.41) is 10.4. The van der Waals surface area contributed by atoms with Gasteiger partial charge in [-0.1, -0.05) is 18.5 Å². The third-order valence-corrected chi connectivity index (χ3v) is 4.28. The van der Waals surface area contributed by atoms with Crippen LogP contribution in [0.1, 0.15) is 51.2 Å². The highest BCUT2D eigenvalue weighted by Gasteiger charge is 2.34. The molecule has 1 saturated carbocycles. The maximum atomic E-state index is 5.10. The van der Waals surface area contributed by atoms with Crippen molar-refractivity contribution in [2.45, 2.75) is 52.9 Å². The first-order valence-corrected chi connectivity index (χ1v) is 7.99. The Morgan fingerprint density at radius 1 is 1.33 bits per heavy atom. The van der Waals surface area contributed by atoms with Gasteiger partial charge in [0.05, 0.1) is 0 Å². The van der Waals surface area contributed by atoms with E-state index < -0.39 is 0 Å². The van der Waals surface area contributed by atoms with E-state index in [1.807, 2.05) is 6.92 Å². The fraction of sp³-hybridized carbons (Fsp3) is 0.800. The molecule has 2 rings (SSSR count). The standard InChI is InChI=1S/C15H27N5O/c1-4-15(8-6-9-15)11-18-14(16-5-2)17-10-7-13-19-12(3)20-21-13/h4-11H2,1-3H3,(H2,16,17,18). The highest BCUT2D eigenvalue weighted by atomic mass is 16.5. The summed E-state index contributed by atoms with van der Waals surface area (Å²) in [6.07, 6.45) is 5.91. The van der Waals surface area contributed by atoms with Gasteiger partial charge in [-0.3, -0.25) is 4.99 Å². The lowest BCUT2D eigenvalue weighted by molar-refractivity contribution is 0.139. The van der Waals surface area contributed by atoms with Crippen LogP contribution in [-0.4, -0.2) is 35.7 Å². The van der Waals surface area contributed by atoms with E-state index >= 15 is 0 Å². The minimum absolute atomic E-state index is 0.450. The number of aromatic nitrogens is 2. The minimum Gasteiger partial charge on any atom is -0.357 e. The van der Waals surface area contributed by atoms with Gasteiger partial charge in [0.25, 0.3) is 0 Å². The Kier molecular flexibility index (Phi) is 5.59. The van der Waals surface area contributed by atoms with Crippen LogP contribution in [0.3, 0.4) is 0 Å². The van der Waals surface area contributed by atoms with Gasteiger partial charge in [-0.2, -0.15) is 4.98 Å². The molecular weight excluding hydrogens is 266 g/mol. The molecule has 0 atom stereocenters. The SMILES string of the molecule is CCNC(=NCC1(CC)CCC1)NCCc1nc(C)no1. The molecule has 0 spiro atoms. The van der Waals surface area contributed by atoms with E-state index in [0.29, 0.717) is 23.6 Å². The number of guanidine groups is 1. The van der Waals surface area contributed by atoms with Gasteiger partial charge < -0.3 is 15.2 Å². The number of hydrogen-bond donors (Lipinski definition) is 2. The number of nitrogens with zero attached hydrogens (tertiary/aromatic N) is 3. The molecule has 0 radical (unpaired) electrons. The summed E-state index contributed by atoms with van der Waals surface area (Å²) >= 11 is 0. The molecule has 1 aromatic heterocycles. The molecule has 1 aromatic rings. The zero-order chi connectivity index (χ0) is 15.1. The van der Waals surface area contributed by atoms with E-state index in [9.17, 15) is 0 Å². The number of aliphatic imine (C=N–C) groups is 1. The third kappa shape index (κ3) is 4.44. The average molecular weight is 293 g/mol. The highest BCUT2D eigenvalue weighted by molar-refractivity contribution is 5.79. The summed E-state index contributed by atoms with van der Waals surface area (Å²) in [6, 6.07) is 0. The molecule has 1 aliphatic carbocycles. The topological polar surface area (TPSA) is 75.3 Å². The van der Waals surface area contributed by atoms with E-state index in [0.717, 1.165) is 25.6 Å². The van der Waals surface area contributed by atoms with Crippen LogP contribution in [0, 0.1) is 12.3 Å². The van der Waals surface area contributed by atoms with Crippen LogP contribution in [0.15, 0.2) is 9.52 Å². The van der Waals surface area contributed by atoms with Gasteiger partial charge in [0.2, 0.25) is 5.89 Å². The third-order valence-electron chi connectivity index (χ3n) is 4.28. The Morgan fingerprint density at radius 3 is 2.67 bits per heavy atom. The number of hydrogen-bond acceptors (Lipinski definition) is 4. The van der Waals surface area contributed by atoms with Crippen molar-refractivity contribution >= 4 is 5.96 Å². The molecule has 0 bridgehead atoms. The minimum atomic E-state index is 0.450. The van der Waals surface area contributed by atoms with Crippen LogP contribution in [0.25, 0.3) is 0 Å². The van der Waals surface area contributed by atoms with Crippen LogP contribution < -0.4 is 10.6 Å². The maximum Gasteiger partial charge on any atom is 0.228 e. The summed E-state index contributed by atoms with van der Waals surface area (Å²) in [5.41, 5.74) is 0.450. The lowest BCUT2D eigenvalue weighted by atomic mass is 9.67. The Bertz CT molecular complexity index is 459. The zero-order valence-corrected chi connectivity index (χ0v) is 13.4. The second kappa shape index (κ2) is 7.43. The average Bonchev–Trinajstić information content (AvgIpc) is 2.83. The lowest BCUT2D eigenvalue weighted by Gasteiger charge is -2.40. The Hall–Kier alpha value is -1.59. The molecule has 6 nitrogen and oxygen atoms in total. The summed E-state index contributed by atoms with van der Waals surface area (Å²) in [5.74, 6) is 2.23. The van der Waals surface area contributed by atoms with E-state index in [1.54, 1.807) is 0 Å². The summed E-state index contributed by atoms with van der Waals surface area (Å²) in [7, 11) is 0. The van der Waals surface area contributed by atoms with Crippen molar-refractivity contribution in [1.82, 2.24) is 20.8 Å². The first-order valence-electron chi connectivity index (χ1n) is 7.99. The summed E-state index contributed by atoms with van der Waals surface area (Å²) < 4.78 is 5.10. The van der Waals surface area contributed by atoms with Crippen molar-refractivity contribution in [3.8, 4) is 0 Å². The van der Waals surface area contributed by atoms with Crippen molar-refractivity contribution in [3.05, 3.63) is 11.7 Å². The molecule has 0 amide bonds. The van der Waals surface area contributed by atoms with E-state index in [1.165, 1.54) is 25.7 Å². The summed E-state index contributed by atoms with van der Waals surface area (Å²) in [6.45, 7) is 8.70. The van der Waals surface area contributed by atoms with Gasteiger partial charge in [-0.25, -0.2) is 0 Å². The predicted molar refractivity (Wildman–Crippen MR) is 83.3 cm³/mol. The number of rotatable bonds is 7. The molecule has 0 aromatic carbocycles. The molecule has 118 valence electrons. The van der Waals surface area contributed by atoms with Crippen LogP contribution in [0.5, 0.6) is 0 Å². The Labute approximate surface area is 126 Å². The molecule has 21 heavy (non-hydrogen) atoms. The van der Waals surface area contributed by atoms with Crippen molar-refractivity contribution in [2.24, 2.45) is 10.4 Å². The van der Waals surface area contributed by atoms with E-state index in [4.69, 9.17) is 9.52 Å². The smallest absolute Gasteiger partial charge is 0.228 e. The normalized spacial score (nSPS) is 17.4. The van der Waals surface area contributed by atoms with Crippen molar-refractivity contribution in [3.63, 3.8) is 0 Å². The van der Waals surface area contributed by atoms with Crippen LogP contribution in [-0.2, 0) is 6.42 Å². The first-order chi connectivity index (χ1) is 10.2. The van der Waals surface area contributed by atoms with Gasteiger partial charge >= 0.3 is 0 Å². The van der Waals surface area contributed by atoms with Crippen molar-refractivity contribution < 1.29 is 4.52 Å². The first kappa shape index (κ1) is 15.8. The molecule has 0 saturated heterocycles. The van der Waals surface area contributed by atoms with E-state index in [2.05, 4.69) is 34.6 Å².